The molecule has 0 aromatic rings. The molecule has 0 amide bonds. The van der Waals surface area contributed by atoms with Crippen molar-refractivity contribution in [2.45, 2.75) is 32.2 Å². The maximum atomic E-state index is 10.2. The summed E-state index contributed by atoms with van der Waals surface area (Å²) in [6.07, 6.45) is 6.47. The maximum Gasteiger partial charge on any atom is 0.324 e. The van der Waals surface area contributed by atoms with Crippen molar-refractivity contribution in [1.82, 2.24) is 0 Å². The van der Waals surface area contributed by atoms with Gasteiger partial charge in [-0.3, -0.25) is 4.79 Å². The molecule has 11 heavy (non-hydrogen) atoms. The van der Waals surface area contributed by atoms with E-state index in [-0.39, 0.29) is 0 Å². The third-order valence-corrected chi connectivity index (χ3v) is 1.35. The second-order valence-corrected chi connectivity index (χ2v) is 2.43. The average Bonchev–Trinajstić information content (AvgIpc) is 1.97. The van der Waals surface area contributed by atoms with Crippen LogP contribution in [0.3, 0.4) is 0 Å². The van der Waals surface area contributed by atoms with Crippen molar-refractivity contribution in [2.75, 3.05) is 0 Å². The van der Waals surface area contributed by atoms with Crippen molar-refractivity contribution in [3.63, 3.8) is 0 Å². The van der Waals surface area contributed by atoms with E-state index < -0.39 is 12.0 Å². The highest BCUT2D eigenvalue weighted by Crippen LogP contribution is 1.95. The molecule has 0 aliphatic rings. The fraction of sp³-hybridized carbons (Fsp3) is 0.625. The Kier molecular flexibility index (Phi) is 5.47. The number of nitrogens with two attached hydrogens (primary N) is 1. The average molecular weight is 157 g/mol. The number of carbonyl (C=O) groups is 1. The zero-order valence-corrected chi connectivity index (χ0v) is 6.79. The molecule has 1 atom stereocenters. The summed E-state index contributed by atoms with van der Waals surface area (Å²) < 4.78 is 0. The van der Waals surface area contributed by atoms with E-state index >= 15 is 0 Å². The van der Waals surface area contributed by atoms with Gasteiger partial charge in [0.15, 0.2) is 0 Å². The predicted molar refractivity (Wildman–Crippen MR) is 44.3 cm³/mol. The van der Waals surface area contributed by atoms with E-state index in [4.69, 9.17) is 10.8 Å². The summed E-state index contributed by atoms with van der Waals surface area (Å²) in [5.41, 5.74) is 5.21. The molecule has 0 radical (unpaired) electrons. The van der Waals surface area contributed by atoms with Gasteiger partial charge in [-0.05, 0) is 6.42 Å². The topological polar surface area (TPSA) is 63.3 Å². The number of aliphatic carboxylic acids is 1. The Balaban J connectivity index is 3.48. The van der Waals surface area contributed by atoms with Crippen LogP contribution in [0.5, 0.6) is 0 Å². The zero-order chi connectivity index (χ0) is 8.69. The molecule has 0 unspecified atom stereocenters. The van der Waals surface area contributed by atoms with E-state index in [9.17, 15) is 4.79 Å². The number of unbranched alkanes of at least 4 members (excludes halogenated alkanes) is 2. The Bertz CT molecular complexity index is 143. The second kappa shape index (κ2) is 5.92. The number of carboxylic acid groups (broad SMARTS) is 1. The van der Waals surface area contributed by atoms with Crippen molar-refractivity contribution in [3.05, 3.63) is 12.2 Å². The molecular weight excluding hydrogens is 142 g/mol. The minimum absolute atomic E-state index is 0.841. The van der Waals surface area contributed by atoms with Crippen LogP contribution < -0.4 is 5.73 Å². The van der Waals surface area contributed by atoms with Crippen LogP contribution in [-0.4, -0.2) is 17.1 Å². The van der Waals surface area contributed by atoms with Gasteiger partial charge in [-0.2, -0.15) is 0 Å². The number of hydrogen-bond donors (Lipinski definition) is 2. The predicted octanol–water partition coefficient (Wildman–Crippen LogP) is 1.14. The van der Waals surface area contributed by atoms with Crippen LogP contribution >= 0.6 is 0 Å². The van der Waals surface area contributed by atoms with Crippen LogP contribution in [0.4, 0.5) is 0 Å². The van der Waals surface area contributed by atoms with Crippen molar-refractivity contribution in [2.24, 2.45) is 5.73 Å². The van der Waals surface area contributed by atoms with E-state index in [1.165, 1.54) is 6.08 Å². The largest absolute Gasteiger partial charge is 0.480 e. The minimum atomic E-state index is -0.974. The minimum Gasteiger partial charge on any atom is -0.480 e. The molecule has 0 aromatic heterocycles. The van der Waals surface area contributed by atoms with Crippen molar-refractivity contribution < 1.29 is 9.90 Å². The van der Waals surface area contributed by atoms with Crippen LogP contribution in [-0.2, 0) is 4.79 Å². The standard InChI is InChI=1S/C8H15NO2/c1-2-3-4-5-6-7(9)8(10)11/h5-7H,2-4,9H2,1H3,(H,10,11)/b6-5+/t7-/m0/s1. The van der Waals surface area contributed by atoms with E-state index in [1.807, 2.05) is 6.08 Å². The lowest BCUT2D eigenvalue weighted by Gasteiger charge is -1.96. The summed E-state index contributed by atoms with van der Waals surface area (Å²) in [7, 11) is 0. The number of hydrogen-bond acceptors (Lipinski definition) is 2. The first kappa shape index (κ1) is 10.2. The molecule has 0 rings (SSSR count). The Morgan fingerprint density at radius 3 is 2.82 bits per heavy atom. The fourth-order valence-corrected chi connectivity index (χ4v) is 0.647. The Morgan fingerprint density at radius 1 is 1.73 bits per heavy atom. The maximum absolute atomic E-state index is 10.2. The van der Waals surface area contributed by atoms with Gasteiger partial charge >= 0.3 is 5.97 Å². The van der Waals surface area contributed by atoms with Crippen LogP contribution in [0.1, 0.15) is 26.2 Å². The van der Waals surface area contributed by atoms with Gasteiger partial charge in [-0.1, -0.05) is 31.9 Å². The number of rotatable bonds is 5. The lowest BCUT2D eigenvalue weighted by molar-refractivity contribution is -0.137. The molecule has 3 nitrogen and oxygen atoms in total. The lowest BCUT2D eigenvalue weighted by Crippen LogP contribution is -2.27. The molecule has 0 heterocycles. The van der Waals surface area contributed by atoms with Gasteiger partial charge in [0, 0.05) is 0 Å². The Labute approximate surface area is 66.9 Å². The first-order chi connectivity index (χ1) is 5.18. The summed E-state index contributed by atoms with van der Waals surface area (Å²) in [6, 6.07) is -0.841. The highest BCUT2D eigenvalue weighted by molar-refractivity contribution is 5.75. The number of carboxylic acids is 1. The lowest BCUT2D eigenvalue weighted by atomic mass is 10.2. The Morgan fingerprint density at radius 2 is 2.36 bits per heavy atom. The van der Waals surface area contributed by atoms with Crippen LogP contribution in [0.15, 0.2) is 12.2 Å². The van der Waals surface area contributed by atoms with E-state index in [1.54, 1.807) is 0 Å². The molecule has 0 aromatic carbocycles. The van der Waals surface area contributed by atoms with Gasteiger partial charge in [-0.25, -0.2) is 0 Å². The number of allylic oxidation sites excluding steroid dienone is 1. The summed E-state index contributed by atoms with van der Waals surface area (Å²) in [6.45, 7) is 2.09. The zero-order valence-electron chi connectivity index (χ0n) is 6.79. The fourth-order valence-electron chi connectivity index (χ4n) is 0.647. The summed E-state index contributed by atoms with van der Waals surface area (Å²) >= 11 is 0. The molecule has 64 valence electrons. The van der Waals surface area contributed by atoms with Crippen molar-refractivity contribution >= 4 is 5.97 Å². The second-order valence-electron chi connectivity index (χ2n) is 2.43. The van der Waals surface area contributed by atoms with E-state index in [2.05, 4.69) is 6.92 Å². The van der Waals surface area contributed by atoms with Crippen molar-refractivity contribution in [1.29, 1.82) is 0 Å². The smallest absolute Gasteiger partial charge is 0.324 e. The molecule has 0 saturated heterocycles. The van der Waals surface area contributed by atoms with Gasteiger partial charge in [0.25, 0.3) is 0 Å². The van der Waals surface area contributed by atoms with Crippen LogP contribution in [0.2, 0.25) is 0 Å². The summed E-state index contributed by atoms with van der Waals surface area (Å²) in [5, 5.41) is 8.36. The van der Waals surface area contributed by atoms with Gasteiger partial charge in [0.2, 0.25) is 0 Å². The monoisotopic (exact) mass is 157 g/mol. The Hall–Kier alpha value is -0.830. The van der Waals surface area contributed by atoms with E-state index in [0.29, 0.717) is 0 Å². The molecule has 3 N–H and O–H groups in total. The SMILES string of the molecule is CCCC/C=C/[C@H](N)C(=O)O. The highest BCUT2D eigenvalue weighted by atomic mass is 16.4. The van der Waals surface area contributed by atoms with Crippen LogP contribution in [0, 0.1) is 0 Å². The van der Waals surface area contributed by atoms with Gasteiger partial charge in [0.05, 0.1) is 0 Å². The third-order valence-electron chi connectivity index (χ3n) is 1.35. The summed E-state index contributed by atoms with van der Waals surface area (Å²) in [5.74, 6) is -0.974. The first-order valence-corrected chi connectivity index (χ1v) is 3.83. The molecule has 0 fully saturated rings. The van der Waals surface area contributed by atoms with Crippen LogP contribution in [0.25, 0.3) is 0 Å². The normalized spacial score (nSPS) is 13.6. The summed E-state index contributed by atoms with van der Waals surface area (Å²) in [4.78, 5) is 10.2. The van der Waals surface area contributed by atoms with E-state index in [0.717, 1.165) is 19.3 Å². The molecule has 0 aliphatic carbocycles. The quantitative estimate of drug-likeness (QED) is 0.464. The van der Waals surface area contributed by atoms with Gasteiger partial charge < -0.3 is 10.8 Å². The third kappa shape index (κ3) is 5.61. The molecular formula is C8H15NO2. The molecule has 3 heteroatoms. The molecule has 0 saturated carbocycles. The first-order valence-electron chi connectivity index (χ1n) is 3.83. The van der Waals surface area contributed by atoms with Gasteiger partial charge in [0.1, 0.15) is 6.04 Å². The molecule has 0 bridgehead atoms. The molecule has 0 spiro atoms. The highest BCUT2D eigenvalue weighted by Gasteiger charge is 2.04. The molecule has 0 aliphatic heterocycles. The van der Waals surface area contributed by atoms with Gasteiger partial charge in [-0.15, -0.1) is 0 Å². The van der Waals surface area contributed by atoms with Crippen molar-refractivity contribution in [3.8, 4) is 0 Å².